The number of terminal acetylenes is 1. The van der Waals surface area contributed by atoms with Crippen LogP contribution in [-0.4, -0.2) is 24.4 Å². The lowest BCUT2D eigenvalue weighted by Crippen LogP contribution is -2.26. The fraction of sp³-hybridized carbons (Fsp3) is 0.300. The van der Waals surface area contributed by atoms with Crippen molar-refractivity contribution >= 4 is 22.9 Å². The first kappa shape index (κ1) is 10.6. The summed E-state index contributed by atoms with van der Waals surface area (Å²) in [6.07, 6.45) is 5.12. The minimum atomic E-state index is -0.0762. The van der Waals surface area contributed by atoms with E-state index >= 15 is 0 Å². The van der Waals surface area contributed by atoms with Crippen LogP contribution in [-0.2, 0) is 0 Å². The van der Waals surface area contributed by atoms with E-state index in [4.69, 9.17) is 12.2 Å². The van der Waals surface area contributed by atoms with Gasteiger partial charge in [-0.25, -0.2) is 0 Å². The van der Waals surface area contributed by atoms with Gasteiger partial charge in [-0.1, -0.05) is 5.92 Å². The van der Waals surface area contributed by atoms with Gasteiger partial charge in [-0.05, 0) is 13.0 Å². The van der Waals surface area contributed by atoms with Crippen LogP contribution in [0.3, 0.4) is 0 Å². The molecule has 0 fully saturated rings. The van der Waals surface area contributed by atoms with Gasteiger partial charge < -0.3 is 10.6 Å². The van der Waals surface area contributed by atoms with Crippen LogP contribution in [0.2, 0.25) is 0 Å². The molecule has 0 atom stereocenters. The summed E-state index contributed by atoms with van der Waals surface area (Å²) in [6.45, 7) is 2.20. The Morgan fingerprint density at radius 2 is 2.43 bits per heavy atom. The van der Waals surface area contributed by atoms with Gasteiger partial charge in [0.05, 0.1) is 11.4 Å². The molecule has 74 valence electrons. The summed E-state index contributed by atoms with van der Waals surface area (Å²) >= 11 is 1.39. The van der Waals surface area contributed by atoms with Crippen LogP contribution in [0, 0.1) is 19.3 Å². The monoisotopic (exact) mass is 208 g/mol. The second-order valence-electron chi connectivity index (χ2n) is 2.99. The highest BCUT2D eigenvalue weighted by atomic mass is 32.1. The quantitative estimate of drug-likeness (QED) is 0.746. The van der Waals surface area contributed by atoms with Crippen molar-refractivity contribution in [3.63, 3.8) is 0 Å². The van der Waals surface area contributed by atoms with E-state index in [0.29, 0.717) is 17.1 Å². The van der Waals surface area contributed by atoms with Crippen molar-refractivity contribution in [3.8, 4) is 12.3 Å². The molecule has 0 bridgehead atoms. The maximum atomic E-state index is 11.7. The Hall–Kier alpha value is -1.47. The van der Waals surface area contributed by atoms with E-state index in [-0.39, 0.29) is 5.91 Å². The summed E-state index contributed by atoms with van der Waals surface area (Å²) in [5, 5.41) is 0. The van der Waals surface area contributed by atoms with Crippen molar-refractivity contribution in [2.75, 3.05) is 19.3 Å². The highest BCUT2D eigenvalue weighted by molar-refractivity contribution is 7.14. The molecular formula is C10H12N2OS. The Labute approximate surface area is 87.5 Å². The van der Waals surface area contributed by atoms with Crippen molar-refractivity contribution in [2.45, 2.75) is 6.92 Å². The van der Waals surface area contributed by atoms with Gasteiger partial charge >= 0.3 is 0 Å². The molecule has 1 amide bonds. The Balaban J connectivity index is 2.85. The highest BCUT2D eigenvalue weighted by Gasteiger charge is 2.14. The van der Waals surface area contributed by atoms with E-state index in [2.05, 4.69) is 5.92 Å². The Kier molecular flexibility index (Phi) is 3.15. The number of nitrogens with zero attached hydrogens (tertiary/aromatic N) is 1. The van der Waals surface area contributed by atoms with Crippen LogP contribution in [0.25, 0.3) is 0 Å². The molecule has 1 rings (SSSR count). The molecule has 4 heteroatoms. The summed E-state index contributed by atoms with van der Waals surface area (Å²) in [4.78, 5) is 14.8. The average molecular weight is 208 g/mol. The van der Waals surface area contributed by atoms with Crippen molar-refractivity contribution in [1.82, 2.24) is 4.90 Å². The average Bonchev–Trinajstić information content (AvgIpc) is 2.46. The van der Waals surface area contributed by atoms with E-state index in [9.17, 15) is 4.79 Å². The number of anilines is 1. The number of aryl methyl sites for hydroxylation is 1. The maximum absolute atomic E-state index is 11.7. The predicted octanol–water partition coefficient (Wildman–Crippen LogP) is 1.34. The zero-order chi connectivity index (χ0) is 10.7. The highest BCUT2D eigenvalue weighted by Crippen LogP contribution is 2.24. The van der Waals surface area contributed by atoms with E-state index in [1.165, 1.54) is 16.2 Å². The predicted molar refractivity (Wildman–Crippen MR) is 59.3 cm³/mol. The summed E-state index contributed by atoms with van der Waals surface area (Å²) in [5.41, 5.74) is 6.31. The standard InChI is InChI=1S/C10H12N2OS/c1-4-5-12(3)10(13)9-6-8(11)7(2)14-9/h1,6H,5,11H2,2-3H3. The third-order valence-corrected chi connectivity index (χ3v) is 2.90. The second kappa shape index (κ2) is 4.16. The molecule has 0 aromatic carbocycles. The number of nitrogens with two attached hydrogens (primary N) is 1. The SMILES string of the molecule is C#CCN(C)C(=O)c1cc(N)c(C)s1. The molecular weight excluding hydrogens is 196 g/mol. The number of carbonyl (C=O) groups excluding carboxylic acids is 1. The third-order valence-electron chi connectivity index (χ3n) is 1.84. The maximum Gasteiger partial charge on any atom is 0.264 e. The number of nitrogen functional groups attached to an aromatic ring is 1. The van der Waals surface area contributed by atoms with E-state index in [1.807, 2.05) is 6.92 Å². The van der Waals surface area contributed by atoms with Gasteiger partial charge in [-0.3, -0.25) is 4.79 Å². The van der Waals surface area contributed by atoms with Crippen LogP contribution in [0.1, 0.15) is 14.5 Å². The molecule has 0 saturated heterocycles. The summed E-state index contributed by atoms with van der Waals surface area (Å²) in [6, 6.07) is 1.69. The van der Waals surface area contributed by atoms with Crippen LogP contribution in [0.4, 0.5) is 5.69 Å². The number of rotatable bonds is 2. The minimum absolute atomic E-state index is 0.0762. The first-order chi connectivity index (χ1) is 6.56. The number of carbonyl (C=O) groups is 1. The molecule has 0 saturated carbocycles. The Morgan fingerprint density at radius 3 is 2.86 bits per heavy atom. The zero-order valence-corrected chi connectivity index (χ0v) is 9.02. The Bertz CT molecular complexity index is 370. The normalized spacial score (nSPS) is 9.50. The van der Waals surface area contributed by atoms with E-state index < -0.39 is 0 Å². The third kappa shape index (κ3) is 2.06. The largest absolute Gasteiger partial charge is 0.398 e. The first-order valence-electron chi connectivity index (χ1n) is 4.11. The van der Waals surface area contributed by atoms with Crippen LogP contribution < -0.4 is 5.73 Å². The van der Waals surface area contributed by atoms with Gasteiger partial charge in [0.2, 0.25) is 0 Å². The van der Waals surface area contributed by atoms with Crippen LogP contribution >= 0.6 is 11.3 Å². The van der Waals surface area contributed by atoms with Gasteiger partial charge in [0.1, 0.15) is 0 Å². The topological polar surface area (TPSA) is 46.3 Å². The zero-order valence-electron chi connectivity index (χ0n) is 8.20. The van der Waals surface area contributed by atoms with Gasteiger partial charge in [0.15, 0.2) is 0 Å². The number of hydrogen-bond donors (Lipinski definition) is 1. The van der Waals surface area contributed by atoms with Gasteiger partial charge in [-0.2, -0.15) is 0 Å². The number of amides is 1. The lowest BCUT2D eigenvalue weighted by atomic mass is 10.3. The first-order valence-corrected chi connectivity index (χ1v) is 4.92. The molecule has 1 aromatic rings. The summed E-state index contributed by atoms with van der Waals surface area (Å²) in [5.74, 6) is 2.34. The lowest BCUT2D eigenvalue weighted by molar-refractivity contribution is 0.0817. The smallest absolute Gasteiger partial charge is 0.264 e. The molecule has 3 nitrogen and oxygen atoms in total. The van der Waals surface area contributed by atoms with Crippen molar-refractivity contribution in [2.24, 2.45) is 0 Å². The van der Waals surface area contributed by atoms with E-state index in [1.54, 1.807) is 13.1 Å². The second-order valence-corrected chi connectivity index (χ2v) is 4.24. The van der Waals surface area contributed by atoms with Crippen LogP contribution in [0.5, 0.6) is 0 Å². The molecule has 0 radical (unpaired) electrons. The van der Waals surface area contributed by atoms with E-state index in [0.717, 1.165) is 4.88 Å². The fourth-order valence-electron chi connectivity index (χ4n) is 0.998. The molecule has 1 aromatic heterocycles. The summed E-state index contributed by atoms with van der Waals surface area (Å²) < 4.78 is 0. The molecule has 2 N–H and O–H groups in total. The molecule has 0 spiro atoms. The fourth-order valence-corrected chi connectivity index (χ4v) is 1.93. The molecule has 14 heavy (non-hydrogen) atoms. The molecule has 0 aliphatic carbocycles. The minimum Gasteiger partial charge on any atom is -0.398 e. The van der Waals surface area contributed by atoms with Gasteiger partial charge in [0.25, 0.3) is 5.91 Å². The van der Waals surface area contributed by atoms with Gasteiger partial charge in [-0.15, -0.1) is 17.8 Å². The summed E-state index contributed by atoms with van der Waals surface area (Å²) in [7, 11) is 1.67. The van der Waals surface area contributed by atoms with Crippen molar-refractivity contribution in [3.05, 3.63) is 15.8 Å². The molecule has 0 aliphatic heterocycles. The molecule has 0 unspecified atom stereocenters. The number of thiophene rings is 1. The van der Waals surface area contributed by atoms with Crippen LogP contribution in [0.15, 0.2) is 6.07 Å². The van der Waals surface area contributed by atoms with Gasteiger partial charge in [0, 0.05) is 17.6 Å². The Morgan fingerprint density at radius 1 is 1.79 bits per heavy atom. The van der Waals surface area contributed by atoms with Crippen molar-refractivity contribution < 1.29 is 4.79 Å². The lowest BCUT2D eigenvalue weighted by Gasteiger charge is -2.11. The number of hydrogen-bond acceptors (Lipinski definition) is 3. The molecule has 0 aliphatic rings. The van der Waals surface area contributed by atoms with Crippen molar-refractivity contribution in [1.29, 1.82) is 0 Å². The molecule has 1 heterocycles.